The van der Waals surface area contributed by atoms with Crippen molar-refractivity contribution >= 4 is 17.5 Å². The van der Waals surface area contributed by atoms with E-state index >= 15 is 0 Å². The van der Waals surface area contributed by atoms with Crippen LogP contribution in [0.25, 0.3) is 22.4 Å². The fourth-order valence-corrected chi connectivity index (χ4v) is 3.99. The van der Waals surface area contributed by atoms with Crippen LogP contribution >= 0.6 is 11.3 Å². The Labute approximate surface area is 148 Å². The molecule has 0 saturated carbocycles. The van der Waals surface area contributed by atoms with Crippen LogP contribution in [0.15, 0.2) is 52.6 Å². The molecular formula is C19H15NO4S. The standard InChI is InChI=1S/C19H15NO4S/c1-23-19(22)24-15-11-14(12-5-3-2-4-6-12)18(21)20-9-7-16-13(17(15)20)8-10-25-16/h2-6,8,10-11H,7,9H2,1H3. The van der Waals surface area contributed by atoms with E-state index in [0.29, 0.717) is 23.6 Å². The average Bonchev–Trinajstić information content (AvgIpc) is 3.13. The Morgan fingerprint density at radius 3 is 2.72 bits per heavy atom. The van der Waals surface area contributed by atoms with Gasteiger partial charge in [0.05, 0.1) is 18.4 Å². The van der Waals surface area contributed by atoms with Gasteiger partial charge in [0.1, 0.15) is 0 Å². The van der Waals surface area contributed by atoms with Crippen LogP contribution in [0.4, 0.5) is 4.79 Å². The summed E-state index contributed by atoms with van der Waals surface area (Å²) in [6.45, 7) is 0.555. The number of fused-ring (bicyclic) bond motifs is 3. The summed E-state index contributed by atoms with van der Waals surface area (Å²) in [5.74, 6) is 0.338. The lowest BCUT2D eigenvalue weighted by atomic mass is 10.0. The van der Waals surface area contributed by atoms with Gasteiger partial charge in [0, 0.05) is 23.4 Å². The van der Waals surface area contributed by atoms with Crippen LogP contribution in [0.1, 0.15) is 4.88 Å². The molecule has 0 aliphatic carbocycles. The SMILES string of the molecule is COC(=O)Oc1cc(-c2ccccc2)c(=O)n2c1-c1ccsc1CC2. The van der Waals surface area contributed by atoms with E-state index in [9.17, 15) is 9.59 Å². The molecule has 3 aromatic rings. The summed E-state index contributed by atoms with van der Waals surface area (Å²) in [6.07, 6.45) is -0.0154. The molecule has 1 aliphatic rings. The number of hydrogen-bond donors (Lipinski definition) is 0. The first-order valence-electron chi connectivity index (χ1n) is 7.85. The molecule has 1 aliphatic heterocycles. The number of aromatic nitrogens is 1. The maximum atomic E-state index is 13.0. The van der Waals surface area contributed by atoms with E-state index in [1.54, 1.807) is 22.0 Å². The number of pyridine rings is 1. The largest absolute Gasteiger partial charge is 0.513 e. The van der Waals surface area contributed by atoms with E-state index in [0.717, 1.165) is 17.5 Å². The van der Waals surface area contributed by atoms with Crippen molar-refractivity contribution in [3.8, 4) is 28.1 Å². The van der Waals surface area contributed by atoms with Crippen LogP contribution in [-0.4, -0.2) is 17.8 Å². The highest BCUT2D eigenvalue weighted by atomic mass is 32.1. The van der Waals surface area contributed by atoms with Crippen molar-refractivity contribution < 1.29 is 14.3 Å². The van der Waals surface area contributed by atoms with Crippen molar-refractivity contribution in [1.29, 1.82) is 0 Å². The smallest absolute Gasteiger partial charge is 0.437 e. The number of hydrogen-bond acceptors (Lipinski definition) is 5. The molecule has 2 aromatic heterocycles. The highest BCUT2D eigenvalue weighted by Crippen LogP contribution is 2.39. The van der Waals surface area contributed by atoms with Crippen LogP contribution in [-0.2, 0) is 17.7 Å². The number of methoxy groups -OCH3 is 1. The van der Waals surface area contributed by atoms with Gasteiger partial charge in [0.25, 0.3) is 5.56 Å². The van der Waals surface area contributed by atoms with Gasteiger partial charge in [-0.2, -0.15) is 0 Å². The number of carbonyl (C=O) groups is 1. The molecule has 0 N–H and O–H groups in total. The molecule has 1 aromatic carbocycles. The van der Waals surface area contributed by atoms with Crippen LogP contribution < -0.4 is 10.3 Å². The van der Waals surface area contributed by atoms with Gasteiger partial charge in [-0.05, 0) is 23.1 Å². The molecule has 0 unspecified atom stereocenters. The number of benzene rings is 1. The molecule has 0 atom stereocenters. The van der Waals surface area contributed by atoms with E-state index < -0.39 is 6.16 Å². The molecule has 6 heteroatoms. The van der Waals surface area contributed by atoms with E-state index in [-0.39, 0.29) is 5.56 Å². The van der Waals surface area contributed by atoms with Gasteiger partial charge in [0.15, 0.2) is 5.75 Å². The molecule has 126 valence electrons. The van der Waals surface area contributed by atoms with Crippen molar-refractivity contribution in [3.05, 3.63) is 63.1 Å². The Morgan fingerprint density at radius 1 is 1.16 bits per heavy atom. The van der Waals surface area contributed by atoms with Crippen molar-refractivity contribution in [3.63, 3.8) is 0 Å². The molecule has 5 nitrogen and oxygen atoms in total. The first-order valence-corrected chi connectivity index (χ1v) is 8.73. The highest BCUT2D eigenvalue weighted by molar-refractivity contribution is 7.10. The van der Waals surface area contributed by atoms with Crippen LogP contribution in [0, 0.1) is 0 Å². The summed E-state index contributed by atoms with van der Waals surface area (Å²) in [5.41, 5.74) is 2.77. The number of thiophene rings is 1. The second-order valence-corrected chi connectivity index (χ2v) is 6.66. The first-order chi connectivity index (χ1) is 12.2. The van der Waals surface area contributed by atoms with E-state index in [4.69, 9.17) is 4.74 Å². The highest BCUT2D eigenvalue weighted by Gasteiger charge is 2.26. The summed E-state index contributed by atoms with van der Waals surface area (Å²) < 4.78 is 11.7. The third-order valence-corrected chi connectivity index (χ3v) is 5.24. The number of ether oxygens (including phenoxy) is 2. The summed E-state index contributed by atoms with van der Waals surface area (Å²) >= 11 is 1.64. The molecule has 0 saturated heterocycles. The number of carbonyl (C=O) groups excluding carboxylic acids is 1. The fraction of sp³-hybridized carbons (Fsp3) is 0.158. The average molecular weight is 353 g/mol. The van der Waals surface area contributed by atoms with E-state index in [2.05, 4.69) is 4.74 Å². The molecular weight excluding hydrogens is 338 g/mol. The van der Waals surface area contributed by atoms with Crippen LogP contribution in [0.5, 0.6) is 5.75 Å². The molecule has 0 spiro atoms. The number of nitrogens with zero attached hydrogens (tertiary/aromatic N) is 1. The zero-order chi connectivity index (χ0) is 17.4. The number of rotatable bonds is 2. The Hall–Kier alpha value is -2.86. The lowest BCUT2D eigenvalue weighted by molar-refractivity contribution is 0.121. The molecule has 4 rings (SSSR count). The minimum Gasteiger partial charge on any atom is -0.437 e. The minimum atomic E-state index is -0.803. The third-order valence-electron chi connectivity index (χ3n) is 4.26. The van der Waals surface area contributed by atoms with Gasteiger partial charge in [-0.15, -0.1) is 11.3 Å². The van der Waals surface area contributed by atoms with Crippen LogP contribution in [0.3, 0.4) is 0 Å². The van der Waals surface area contributed by atoms with Crippen molar-refractivity contribution in [1.82, 2.24) is 4.57 Å². The molecule has 3 heterocycles. The molecule has 0 amide bonds. The van der Waals surface area contributed by atoms with E-state index in [1.807, 2.05) is 41.8 Å². The zero-order valence-electron chi connectivity index (χ0n) is 13.5. The third kappa shape index (κ3) is 2.64. The summed E-state index contributed by atoms with van der Waals surface area (Å²) in [5, 5.41) is 1.98. The van der Waals surface area contributed by atoms with Crippen molar-refractivity contribution in [2.24, 2.45) is 0 Å². The van der Waals surface area contributed by atoms with Gasteiger partial charge in [-0.3, -0.25) is 4.79 Å². The zero-order valence-corrected chi connectivity index (χ0v) is 14.3. The lowest BCUT2D eigenvalue weighted by Gasteiger charge is -2.22. The van der Waals surface area contributed by atoms with Crippen molar-refractivity contribution in [2.75, 3.05) is 7.11 Å². The summed E-state index contributed by atoms with van der Waals surface area (Å²) in [4.78, 5) is 26.0. The molecule has 25 heavy (non-hydrogen) atoms. The maximum absolute atomic E-state index is 13.0. The molecule has 0 bridgehead atoms. The lowest BCUT2D eigenvalue weighted by Crippen LogP contribution is -2.28. The second-order valence-electron chi connectivity index (χ2n) is 5.66. The fourth-order valence-electron chi connectivity index (χ4n) is 3.12. The Balaban J connectivity index is 1.98. The second kappa shape index (κ2) is 6.22. The van der Waals surface area contributed by atoms with Crippen LogP contribution in [0.2, 0.25) is 0 Å². The maximum Gasteiger partial charge on any atom is 0.513 e. The number of aryl methyl sites for hydroxylation is 1. The Bertz CT molecular complexity index is 1000. The summed E-state index contributed by atoms with van der Waals surface area (Å²) in [7, 11) is 1.26. The van der Waals surface area contributed by atoms with Gasteiger partial charge < -0.3 is 14.0 Å². The monoisotopic (exact) mass is 353 g/mol. The topological polar surface area (TPSA) is 57.5 Å². The quantitative estimate of drug-likeness (QED) is 0.655. The molecule has 0 radical (unpaired) electrons. The Kier molecular flexibility index (Phi) is 3.89. The minimum absolute atomic E-state index is 0.0877. The van der Waals surface area contributed by atoms with Crippen molar-refractivity contribution in [2.45, 2.75) is 13.0 Å². The predicted octanol–water partition coefficient (Wildman–Crippen LogP) is 3.95. The van der Waals surface area contributed by atoms with Gasteiger partial charge in [-0.25, -0.2) is 4.79 Å². The predicted molar refractivity (Wildman–Crippen MR) is 96.2 cm³/mol. The first kappa shape index (κ1) is 15.7. The van der Waals surface area contributed by atoms with Gasteiger partial charge in [-0.1, -0.05) is 30.3 Å². The summed E-state index contributed by atoms with van der Waals surface area (Å²) in [6, 6.07) is 13.0. The van der Waals surface area contributed by atoms with Gasteiger partial charge >= 0.3 is 6.16 Å². The molecule has 0 fully saturated rings. The van der Waals surface area contributed by atoms with E-state index in [1.165, 1.54) is 12.0 Å². The Morgan fingerprint density at radius 2 is 1.96 bits per heavy atom. The van der Waals surface area contributed by atoms with Gasteiger partial charge in [0.2, 0.25) is 0 Å². The normalized spacial score (nSPS) is 12.2.